The Labute approximate surface area is 160 Å². The molecule has 0 aliphatic heterocycles. The number of H-pyrrole nitrogens is 1. The van der Waals surface area contributed by atoms with Crippen LogP contribution in [0.2, 0.25) is 0 Å². The molecule has 142 valence electrons. The molecular formula is C21H18N2O5. The maximum atomic E-state index is 12.2. The molecule has 1 heterocycles. The van der Waals surface area contributed by atoms with Crippen LogP contribution in [0.5, 0.6) is 5.75 Å². The third-order valence-corrected chi connectivity index (χ3v) is 4.01. The van der Waals surface area contributed by atoms with Crippen LogP contribution in [0.4, 0.5) is 0 Å². The van der Waals surface area contributed by atoms with Gasteiger partial charge in [-0.3, -0.25) is 9.59 Å². The maximum absolute atomic E-state index is 12.2. The van der Waals surface area contributed by atoms with Crippen LogP contribution in [-0.4, -0.2) is 22.0 Å². The zero-order valence-corrected chi connectivity index (χ0v) is 14.8. The highest BCUT2D eigenvalue weighted by Crippen LogP contribution is 2.08. The van der Waals surface area contributed by atoms with Gasteiger partial charge in [-0.15, -0.1) is 0 Å². The first kappa shape index (κ1) is 18.9. The van der Waals surface area contributed by atoms with E-state index in [1.807, 2.05) is 30.3 Å². The minimum absolute atomic E-state index is 0.110. The van der Waals surface area contributed by atoms with Gasteiger partial charge in [0, 0.05) is 18.8 Å². The summed E-state index contributed by atoms with van der Waals surface area (Å²) >= 11 is 0. The van der Waals surface area contributed by atoms with E-state index in [0.717, 1.165) is 11.1 Å². The predicted octanol–water partition coefficient (Wildman–Crippen LogP) is 2.58. The van der Waals surface area contributed by atoms with Crippen molar-refractivity contribution in [1.29, 1.82) is 0 Å². The van der Waals surface area contributed by atoms with Gasteiger partial charge >= 0.3 is 5.97 Å². The fourth-order valence-electron chi connectivity index (χ4n) is 2.48. The largest absolute Gasteiger partial charge is 0.483 e. The number of aromatic amines is 1. The van der Waals surface area contributed by atoms with Gasteiger partial charge in [-0.2, -0.15) is 0 Å². The first-order valence-corrected chi connectivity index (χ1v) is 8.53. The van der Waals surface area contributed by atoms with Crippen LogP contribution in [0.3, 0.4) is 0 Å². The summed E-state index contributed by atoms with van der Waals surface area (Å²) < 4.78 is 5.49. The van der Waals surface area contributed by atoms with E-state index in [2.05, 4.69) is 10.3 Å². The summed E-state index contributed by atoms with van der Waals surface area (Å²) in [4.78, 5) is 38.0. The van der Waals surface area contributed by atoms with Crippen molar-refractivity contribution >= 4 is 11.9 Å². The van der Waals surface area contributed by atoms with Crippen LogP contribution < -0.4 is 15.5 Å². The van der Waals surface area contributed by atoms with E-state index in [0.29, 0.717) is 0 Å². The average molecular weight is 378 g/mol. The molecule has 0 spiro atoms. The number of hydrogen-bond donors (Lipinski definition) is 3. The van der Waals surface area contributed by atoms with Crippen LogP contribution >= 0.6 is 0 Å². The summed E-state index contributed by atoms with van der Waals surface area (Å²) in [5.74, 6) is -1.33. The standard InChI is InChI=1S/C21H18N2O5/c24-18-10-17(22-12-19(18)28-13-15-4-2-1-3-5-15)20(25)23-11-14-6-8-16(9-7-14)21(26)27/h1-10,12H,11,13H2,(H,22,24)(H,23,25)(H,26,27). The van der Waals surface area contributed by atoms with Crippen molar-refractivity contribution < 1.29 is 19.4 Å². The van der Waals surface area contributed by atoms with Crippen LogP contribution in [0, 0.1) is 0 Å². The van der Waals surface area contributed by atoms with Gasteiger partial charge in [0.2, 0.25) is 5.43 Å². The monoisotopic (exact) mass is 378 g/mol. The zero-order chi connectivity index (χ0) is 19.9. The highest BCUT2D eigenvalue weighted by molar-refractivity contribution is 5.92. The van der Waals surface area contributed by atoms with E-state index >= 15 is 0 Å². The lowest BCUT2D eigenvalue weighted by Gasteiger charge is -2.08. The number of nitrogens with one attached hydrogen (secondary N) is 2. The van der Waals surface area contributed by atoms with Gasteiger partial charge in [0.05, 0.1) is 5.56 Å². The molecule has 0 saturated carbocycles. The summed E-state index contributed by atoms with van der Waals surface area (Å²) in [7, 11) is 0. The van der Waals surface area contributed by atoms with Gasteiger partial charge in [-0.1, -0.05) is 42.5 Å². The number of hydrogen-bond acceptors (Lipinski definition) is 4. The molecule has 2 aromatic carbocycles. The Hall–Kier alpha value is -3.87. The van der Waals surface area contributed by atoms with Crippen LogP contribution in [0.1, 0.15) is 32.0 Å². The van der Waals surface area contributed by atoms with E-state index in [1.54, 1.807) is 12.1 Å². The fourth-order valence-corrected chi connectivity index (χ4v) is 2.48. The van der Waals surface area contributed by atoms with Crippen LogP contribution in [-0.2, 0) is 13.2 Å². The summed E-state index contributed by atoms with van der Waals surface area (Å²) in [6, 6.07) is 16.8. The number of carboxylic acid groups (broad SMARTS) is 1. The van der Waals surface area contributed by atoms with Crippen molar-refractivity contribution in [3.8, 4) is 5.75 Å². The van der Waals surface area contributed by atoms with Crippen molar-refractivity contribution in [2.24, 2.45) is 0 Å². The third-order valence-electron chi connectivity index (χ3n) is 4.01. The second-order valence-electron chi connectivity index (χ2n) is 6.03. The van der Waals surface area contributed by atoms with Crippen molar-refractivity contribution in [2.45, 2.75) is 13.2 Å². The Morgan fingerprint density at radius 1 is 1.00 bits per heavy atom. The van der Waals surface area contributed by atoms with Crippen molar-refractivity contribution in [3.05, 3.63) is 99.5 Å². The van der Waals surface area contributed by atoms with E-state index in [1.165, 1.54) is 24.4 Å². The maximum Gasteiger partial charge on any atom is 0.335 e. The molecule has 3 rings (SSSR count). The molecule has 0 unspecified atom stereocenters. The molecule has 0 bridgehead atoms. The Kier molecular flexibility index (Phi) is 5.86. The Bertz CT molecular complexity index is 1030. The molecule has 0 aliphatic rings. The second kappa shape index (κ2) is 8.68. The molecule has 0 radical (unpaired) electrons. The lowest BCUT2D eigenvalue weighted by molar-refractivity contribution is 0.0696. The topological polar surface area (TPSA) is 108 Å². The number of aromatic nitrogens is 1. The second-order valence-corrected chi connectivity index (χ2v) is 6.03. The minimum Gasteiger partial charge on any atom is -0.483 e. The van der Waals surface area contributed by atoms with Gasteiger partial charge in [-0.05, 0) is 23.3 Å². The molecule has 0 saturated heterocycles. The van der Waals surface area contributed by atoms with Gasteiger partial charge < -0.3 is 20.1 Å². The molecule has 1 aromatic heterocycles. The lowest BCUT2D eigenvalue weighted by atomic mass is 10.1. The van der Waals surface area contributed by atoms with Gasteiger partial charge in [-0.25, -0.2) is 4.79 Å². The van der Waals surface area contributed by atoms with E-state index < -0.39 is 17.3 Å². The summed E-state index contributed by atoms with van der Waals surface area (Å²) in [5.41, 5.74) is 1.55. The van der Waals surface area contributed by atoms with E-state index in [-0.39, 0.29) is 30.2 Å². The number of carbonyl (C=O) groups is 2. The number of aromatic carboxylic acids is 1. The quantitative estimate of drug-likeness (QED) is 0.586. The molecule has 7 nitrogen and oxygen atoms in total. The molecule has 28 heavy (non-hydrogen) atoms. The Morgan fingerprint density at radius 3 is 2.36 bits per heavy atom. The number of pyridine rings is 1. The Balaban J connectivity index is 1.58. The third kappa shape index (κ3) is 4.85. The Morgan fingerprint density at radius 2 is 1.71 bits per heavy atom. The van der Waals surface area contributed by atoms with Gasteiger partial charge in [0.1, 0.15) is 12.3 Å². The summed E-state index contributed by atoms with van der Waals surface area (Å²) in [6.45, 7) is 0.453. The number of benzene rings is 2. The number of rotatable bonds is 7. The number of amides is 1. The number of carbonyl (C=O) groups excluding carboxylic acids is 1. The molecule has 3 aromatic rings. The molecule has 0 atom stereocenters. The normalized spacial score (nSPS) is 10.3. The predicted molar refractivity (Wildman–Crippen MR) is 102 cm³/mol. The molecule has 0 aliphatic carbocycles. The molecule has 0 fully saturated rings. The SMILES string of the molecule is O=C(O)c1ccc(CNC(=O)c2cc(=O)c(OCc3ccccc3)c[nH]2)cc1. The first-order valence-electron chi connectivity index (χ1n) is 8.53. The first-order chi connectivity index (χ1) is 13.5. The number of carboxylic acids is 1. The van der Waals surface area contributed by atoms with E-state index in [9.17, 15) is 14.4 Å². The van der Waals surface area contributed by atoms with Crippen LogP contribution in [0.15, 0.2) is 71.7 Å². The van der Waals surface area contributed by atoms with Crippen molar-refractivity contribution in [2.75, 3.05) is 0 Å². The molecule has 1 amide bonds. The van der Waals surface area contributed by atoms with Gasteiger partial charge in [0.25, 0.3) is 5.91 Å². The van der Waals surface area contributed by atoms with Crippen LogP contribution in [0.25, 0.3) is 0 Å². The van der Waals surface area contributed by atoms with E-state index in [4.69, 9.17) is 9.84 Å². The average Bonchev–Trinajstić information content (AvgIpc) is 2.72. The molecule has 7 heteroatoms. The fraction of sp³-hybridized carbons (Fsp3) is 0.0952. The minimum atomic E-state index is -1.01. The number of ether oxygens (including phenoxy) is 1. The van der Waals surface area contributed by atoms with Crippen molar-refractivity contribution in [3.63, 3.8) is 0 Å². The molecule has 3 N–H and O–H groups in total. The summed E-state index contributed by atoms with van der Waals surface area (Å²) in [5, 5.41) is 11.6. The summed E-state index contributed by atoms with van der Waals surface area (Å²) in [6.07, 6.45) is 1.36. The van der Waals surface area contributed by atoms with Crippen molar-refractivity contribution in [1.82, 2.24) is 10.3 Å². The smallest absolute Gasteiger partial charge is 0.335 e. The zero-order valence-electron chi connectivity index (χ0n) is 14.8. The van der Waals surface area contributed by atoms with Gasteiger partial charge in [0.15, 0.2) is 5.75 Å². The molecular weight excluding hydrogens is 360 g/mol. The highest BCUT2D eigenvalue weighted by atomic mass is 16.5. The lowest BCUT2D eigenvalue weighted by Crippen LogP contribution is -2.25. The highest BCUT2D eigenvalue weighted by Gasteiger charge is 2.10.